The van der Waals surface area contributed by atoms with Crippen molar-refractivity contribution in [2.75, 3.05) is 26.2 Å². The van der Waals surface area contributed by atoms with Crippen LogP contribution in [0.2, 0.25) is 0 Å². The Morgan fingerprint density at radius 1 is 1.15 bits per heavy atom. The average Bonchev–Trinajstić information content (AvgIpc) is 2.49. The maximum Gasteiger partial charge on any atom is 0.0938 e. The highest BCUT2D eigenvalue weighted by molar-refractivity contribution is 4.89. The molecule has 13 heavy (non-hydrogen) atoms. The molecule has 0 aliphatic carbocycles. The highest BCUT2D eigenvalue weighted by Crippen LogP contribution is 2.17. The first-order valence-electron chi connectivity index (χ1n) is 5.08. The molecule has 0 aromatic rings. The molecule has 2 heterocycles. The van der Waals surface area contributed by atoms with Crippen molar-refractivity contribution >= 4 is 0 Å². The van der Waals surface area contributed by atoms with Crippen molar-refractivity contribution in [3.8, 4) is 0 Å². The first-order chi connectivity index (χ1) is 6.27. The second-order valence-electron chi connectivity index (χ2n) is 4.09. The van der Waals surface area contributed by atoms with Crippen LogP contribution < -0.4 is 5.32 Å². The van der Waals surface area contributed by atoms with Gasteiger partial charge in [0, 0.05) is 25.7 Å². The Balaban J connectivity index is 1.87. The summed E-state index contributed by atoms with van der Waals surface area (Å²) in [5.41, 5.74) is 0. The molecule has 0 radical (unpaired) electrons. The molecule has 0 saturated carbocycles. The van der Waals surface area contributed by atoms with Crippen molar-refractivity contribution in [1.29, 1.82) is 0 Å². The lowest BCUT2D eigenvalue weighted by atomic mass is 10.1. The van der Waals surface area contributed by atoms with Gasteiger partial charge in [-0.2, -0.15) is 0 Å². The number of aliphatic hydroxyl groups is 2. The minimum absolute atomic E-state index is 0.514. The Labute approximate surface area is 78.5 Å². The lowest BCUT2D eigenvalue weighted by molar-refractivity contribution is 0.0572. The van der Waals surface area contributed by atoms with Crippen molar-refractivity contribution in [3.05, 3.63) is 0 Å². The molecule has 2 saturated heterocycles. The molecule has 2 fully saturated rings. The maximum atomic E-state index is 9.39. The summed E-state index contributed by atoms with van der Waals surface area (Å²) < 4.78 is 0. The largest absolute Gasteiger partial charge is 0.389 e. The topological polar surface area (TPSA) is 55.7 Å². The van der Waals surface area contributed by atoms with Crippen LogP contribution in [0.15, 0.2) is 0 Å². The monoisotopic (exact) mass is 186 g/mol. The number of hydrogen-bond acceptors (Lipinski definition) is 4. The molecule has 0 aromatic heterocycles. The van der Waals surface area contributed by atoms with E-state index in [4.69, 9.17) is 0 Å². The minimum Gasteiger partial charge on any atom is -0.389 e. The van der Waals surface area contributed by atoms with Gasteiger partial charge in [0.1, 0.15) is 0 Å². The maximum absolute atomic E-state index is 9.39. The zero-order valence-electron chi connectivity index (χ0n) is 7.82. The van der Waals surface area contributed by atoms with Gasteiger partial charge in [0.25, 0.3) is 0 Å². The Hall–Kier alpha value is -0.160. The summed E-state index contributed by atoms with van der Waals surface area (Å²) in [5.74, 6) is 0. The van der Waals surface area contributed by atoms with Gasteiger partial charge in [-0.3, -0.25) is 4.90 Å². The van der Waals surface area contributed by atoms with Crippen LogP contribution in [0, 0.1) is 0 Å². The number of piperidine rings is 1. The van der Waals surface area contributed by atoms with Crippen LogP contribution in [-0.4, -0.2) is 59.5 Å². The number of nitrogens with one attached hydrogen (secondary N) is 1. The summed E-state index contributed by atoms with van der Waals surface area (Å²) in [6, 6.07) is 0.514. The molecule has 0 amide bonds. The first-order valence-corrected chi connectivity index (χ1v) is 5.08. The van der Waals surface area contributed by atoms with Crippen molar-refractivity contribution < 1.29 is 10.2 Å². The van der Waals surface area contributed by atoms with E-state index in [1.807, 2.05) is 0 Å². The number of β-amino-alcohol motifs (C(OH)–C–C–N with tert-alkyl or cyclic N) is 2. The molecule has 76 valence electrons. The fraction of sp³-hybridized carbons (Fsp3) is 1.00. The van der Waals surface area contributed by atoms with E-state index in [1.165, 1.54) is 12.8 Å². The number of hydrogen-bond donors (Lipinski definition) is 3. The second-order valence-corrected chi connectivity index (χ2v) is 4.09. The van der Waals surface area contributed by atoms with Gasteiger partial charge in [-0.05, 0) is 19.4 Å². The summed E-state index contributed by atoms with van der Waals surface area (Å²) in [7, 11) is 0. The molecule has 0 spiro atoms. The van der Waals surface area contributed by atoms with Crippen LogP contribution in [0.4, 0.5) is 0 Å². The van der Waals surface area contributed by atoms with E-state index >= 15 is 0 Å². The molecular weight excluding hydrogens is 168 g/mol. The summed E-state index contributed by atoms with van der Waals surface area (Å²) >= 11 is 0. The molecule has 4 nitrogen and oxygen atoms in total. The van der Waals surface area contributed by atoms with Gasteiger partial charge >= 0.3 is 0 Å². The lowest BCUT2D eigenvalue weighted by Gasteiger charge is -2.31. The van der Waals surface area contributed by atoms with Crippen LogP contribution in [0.3, 0.4) is 0 Å². The highest BCUT2D eigenvalue weighted by Gasteiger charge is 2.33. The predicted octanol–water partition coefficient (Wildman–Crippen LogP) is -1.22. The van der Waals surface area contributed by atoms with Gasteiger partial charge in [-0.1, -0.05) is 0 Å². The lowest BCUT2D eigenvalue weighted by Crippen LogP contribution is -2.45. The van der Waals surface area contributed by atoms with Gasteiger partial charge in [-0.15, -0.1) is 0 Å². The number of aliphatic hydroxyl groups excluding tert-OH is 2. The zero-order valence-corrected chi connectivity index (χ0v) is 7.82. The Morgan fingerprint density at radius 2 is 1.85 bits per heavy atom. The van der Waals surface area contributed by atoms with E-state index in [0.29, 0.717) is 19.1 Å². The smallest absolute Gasteiger partial charge is 0.0938 e. The van der Waals surface area contributed by atoms with Gasteiger partial charge < -0.3 is 15.5 Å². The molecule has 3 atom stereocenters. The van der Waals surface area contributed by atoms with Crippen LogP contribution in [-0.2, 0) is 0 Å². The van der Waals surface area contributed by atoms with Crippen molar-refractivity contribution in [2.45, 2.75) is 31.1 Å². The summed E-state index contributed by atoms with van der Waals surface area (Å²) in [5, 5.41) is 22.1. The standard InChI is InChI=1S/C9H18N2O2/c12-8-5-11(6-9(8)13)7-2-1-3-10-4-7/h7-10,12-13H,1-6H2. The van der Waals surface area contributed by atoms with Crippen molar-refractivity contribution in [2.24, 2.45) is 0 Å². The number of nitrogens with zero attached hydrogens (tertiary/aromatic N) is 1. The molecule has 0 bridgehead atoms. The van der Waals surface area contributed by atoms with Gasteiger partial charge in [0.05, 0.1) is 12.2 Å². The molecule has 2 aliphatic heterocycles. The molecule has 2 aliphatic rings. The molecule has 2 rings (SSSR count). The van der Waals surface area contributed by atoms with E-state index in [0.717, 1.165) is 13.1 Å². The predicted molar refractivity (Wildman–Crippen MR) is 49.5 cm³/mol. The summed E-state index contributed by atoms with van der Waals surface area (Å²) in [6.07, 6.45) is 1.31. The summed E-state index contributed by atoms with van der Waals surface area (Å²) in [4.78, 5) is 2.20. The Kier molecular flexibility index (Phi) is 2.83. The van der Waals surface area contributed by atoms with Gasteiger partial charge in [-0.25, -0.2) is 0 Å². The van der Waals surface area contributed by atoms with Crippen molar-refractivity contribution in [3.63, 3.8) is 0 Å². The van der Waals surface area contributed by atoms with Crippen LogP contribution in [0.1, 0.15) is 12.8 Å². The third-order valence-corrected chi connectivity index (χ3v) is 3.07. The fourth-order valence-corrected chi connectivity index (χ4v) is 2.24. The second kappa shape index (κ2) is 3.92. The Morgan fingerprint density at radius 3 is 2.38 bits per heavy atom. The zero-order chi connectivity index (χ0) is 9.26. The van der Waals surface area contributed by atoms with E-state index in [2.05, 4.69) is 10.2 Å². The third kappa shape index (κ3) is 2.02. The highest BCUT2D eigenvalue weighted by atomic mass is 16.3. The molecule has 4 heteroatoms. The third-order valence-electron chi connectivity index (χ3n) is 3.07. The Bertz CT molecular complexity index is 161. The van der Waals surface area contributed by atoms with Gasteiger partial charge in [0.15, 0.2) is 0 Å². The molecule has 0 aromatic carbocycles. The van der Waals surface area contributed by atoms with E-state index in [1.54, 1.807) is 0 Å². The fourth-order valence-electron chi connectivity index (χ4n) is 2.24. The number of rotatable bonds is 1. The van der Waals surface area contributed by atoms with Crippen LogP contribution >= 0.6 is 0 Å². The van der Waals surface area contributed by atoms with Crippen LogP contribution in [0.25, 0.3) is 0 Å². The summed E-state index contributed by atoms with van der Waals surface area (Å²) in [6.45, 7) is 3.37. The molecular formula is C9H18N2O2. The quantitative estimate of drug-likeness (QED) is 0.480. The van der Waals surface area contributed by atoms with E-state index in [9.17, 15) is 10.2 Å². The SMILES string of the molecule is OC1CN(C2CCCNC2)CC1O. The molecule has 3 N–H and O–H groups in total. The average molecular weight is 186 g/mol. The minimum atomic E-state index is -0.540. The van der Waals surface area contributed by atoms with E-state index < -0.39 is 12.2 Å². The van der Waals surface area contributed by atoms with E-state index in [-0.39, 0.29) is 0 Å². The molecule has 3 unspecified atom stereocenters. The first kappa shape index (κ1) is 9.40. The van der Waals surface area contributed by atoms with Crippen LogP contribution in [0.5, 0.6) is 0 Å². The normalized spacial score (nSPS) is 42.5. The van der Waals surface area contributed by atoms with Crippen molar-refractivity contribution in [1.82, 2.24) is 10.2 Å². The van der Waals surface area contributed by atoms with Gasteiger partial charge in [0.2, 0.25) is 0 Å². The number of likely N-dealkylation sites (tertiary alicyclic amines) is 1.